The van der Waals surface area contributed by atoms with E-state index in [2.05, 4.69) is 4.98 Å². The molecule has 0 aliphatic carbocycles. The highest BCUT2D eigenvalue weighted by molar-refractivity contribution is 7.11. The van der Waals surface area contributed by atoms with Crippen LogP contribution >= 0.6 is 11.3 Å². The highest BCUT2D eigenvalue weighted by atomic mass is 32.1. The maximum absolute atomic E-state index is 13.2. The standard InChI is InChI=1S/C20H16FN3O2S/c1-26-15-4-2-3-12(9-15)16-11-27-20(23-16)18-17(25)10-24(19(18)22)14-7-5-13(21)6-8-14/h2-9,11,22,25H,10H2,1H3. The lowest BCUT2D eigenvalue weighted by Crippen LogP contribution is -2.25. The molecular weight excluding hydrogens is 365 g/mol. The topological polar surface area (TPSA) is 69.4 Å². The first-order chi connectivity index (χ1) is 13.1. The van der Waals surface area contributed by atoms with E-state index in [9.17, 15) is 9.50 Å². The van der Waals surface area contributed by atoms with Crippen LogP contribution in [0.4, 0.5) is 10.1 Å². The van der Waals surface area contributed by atoms with E-state index in [-0.39, 0.29) is 24.0 Å². The fraction of sp³-hybridized carbons (Fsp3) is 0.100. The SMILES string of the molecule is COc1cccc(-c2csc(C3=C(O)CN(c4ccc(F)cc4)C3=N)n2)c1. The average Bonchev–Trinajstić information content (AvgIpc) is 3.27. The molecule has 0 amide bonds. The van der Waals surface area contributed by atoms with Gasteiger partial charge in [-0.05, 0) is 36.4 Å². The maximum Gasteiger partial charge on any atom is 0.139 e. The van der Waals surface area contributed by atoms with Gasteiger partial charge in [-0.1, -0.05) is 12.1 Å². The number of thiazole rings is 1. The van der Waals surface area contributed by atoms with Gasteiger partial charge in [-0.3, -0.25) is 5.41 Å². The molecule has 1 aliphatic rings. The van der Waals surface area contributed by atoms with Crippen LogP contribution in [0.3, 0.4) is 0 Å². The summed E-state index contributed by atoms with van der Waals surface area (Å²) in [6, 6.07) is 13.4. The van der Waals surface area contributed by atoms with Crippen LogP contribution in [0.1, 0.15) is 5.01 Å². The molecule has 136 valence electrons. The number of nitrogens with one attached hydrogen (secondary N) is 1. The zero-order chi connectivity index (χ0) is 19.0. The number of rotatable bonds is 4. The van der Waals surface area contributed by atoms with E-state index in [1.165, 1.54) is 23.5 Å². The fourth-order valence-corrected chi connectivity index (χ4v) is 3.84. The van der Waals surface area contributed by atoms with Crippen LogP contribution in [0.5, 0.6) is 5.75 Å². The predicted octanol–water partition coefficient (Wildman–Crippen LogP) is 4.72. The summed E-state index contributed by atoms with van der Waals surface area (Å²) in [6.45, 7) is 0.161. The van der Waals surface area contributed by atoms with Crippen LogP contribution in [0.2, 0.25) is 0 Å². The minimum atomic E-state index is -0.343. The van der Waals surface area contributed by atoms with Gasteiger partial charge >= 0.3 is 0 Å². The normalized spacial score (nSPS) is 14.1. The first-order valence-corrected chi connectivity index (χ1v) is 9.09. The number of hydrogen-bond donors (Lipinski definition) is 2. The molecule has 0 fully saturated rings. The van der Waals surface area contributed by atoms with Crippen LogP contribution in [-0.4, -0.2) is 29.6 Å². The van der Waals surface area contributed by atoms with Crippen molar-refractivity contribution < 1.29 is 14.2 Å². The average molecular weight is 381 g/mol. The Morgan fingerprint density at radius 2 is 2.00 bits per heavy atom. The second kappa shape index (κ2) is 6.85. The summed E-state index contributed by atoms with van der Waals surface area (Å²) in [5.74, 6) is 0.617. The van der Waals surface area contributed by atoms with Crippen molar-refractivity contribution in [1.29, 1.82) is 5.41 Å². The Morgan fingerprint density at radius 3 is 2.74 bits per heavy atom. The van der Waals surface area contributed by atoms with E-state index in [0.29, 0.717) is 16.3 Å². The Balaban J connectivity index is 1.63. The Bertz CT molecular complexity index is 1040. The number of aliphatic hydroxyl groups excluding tert-OH is 1. The molecule has 5 nitrogen and oxygen atoms in total. The van der Waals surface area contributed by atoms with E-state index < -0.39 is 0 Å². The smallest absolute Gasteiger partial charge is 0.139 e. The molecule has 0 saturated carbocycles. The van der Waals surface area contributed by atoms with E-state index in [4.69, 9.17) is 10.1 Å². The Kier molecular flexibility index (Phi) is 4.37. The van der Waals surface area contributed by atoms with Crippen LogP contribution in [-0.2, 0) is 0 Å². The number of aliphatic hydroxyl groups is 1. The molecule has 2 heterocycles. The van der Waals surface area contributed by atoms with Crippen molar-refractivity contribution in [2.24, 2.45) is 0 Å². The van der Waals surface area contributed by atoms with Crippen molar-refractivity contribution in [2.75, 3.05) is 18.6 Å². The molecule has 4 rings (SSSR count). The van der Waals surface area contributed by atoms with Gasteiger partial charge in [-0.25, -0.2) is 9.37 Å². The molecule has 0 unspecified atom stereocenters. The minimum Gasteiger partial charge on any atom is -0.510 e. The van der Waals surface area contributed by atoms with Crippen molar-refractivity contribution in [3.05, 3.63) is 70.5 Å². The van der Waals surface area contributed by atoms with Crippen LogP contribution in [0.15, 0.2) is 59.7 Å². The van der Waals surface area contributed by atoms with Gasteiger partial charge in [0.05, 0.1) is 24.9 Å². The van der Waals surface area contributed by atoms with Crippen LogP contribution in [0, 0.1) is 11.2 Å². The van der Waals surface area contributed by atoms with E-state index in [0.717, 1.165) is 17.0 Å². The van der Waals surface area contributed by atoms with Gasteiger partial charge in [0.15, 0.2) is 0 Å². The molecule has 3 aromatic rings. The highest BCUT2D eigenvalue weighted by Crippen LogP contribution is 2.34. The van der Waals surface area contributed by atoms with Crippen LogP contribution < -0.4 is 9.64 Å². The summed E-state index contributed by atoms with van der Waals surface area (Å²) in [5.41, 5.74) is 2.70. The van der Waals surface area contributed by atoms with Crippen LogP contribution in [0.25, 0.3) is 16.8 Å². The van der Waals surface area contributed by atoms with Crippen molar-refractivity contribution in [3.63, 3.8) is 0 Å². The number of hydrogen-bond acceptors (Lipinski definition) is 5. The van der Waals surface area contributed by atoms with Crippen molar-refractivity contribution in [3.8, 4) is 17.0 Å². The maximum atomic E-state index is 13.2. The zero-order valence-corrected chi connectivity index (χ0v) is 15.3. The number of benzene rings is 2. The summed E-state index contributed by atoms with van der Waals surface area (Å²) in [5, 5.41) is 21.3. The van der Waals surface area contributed by atoms with Gasteiger partial charge in [0.25, 0.3) is 0 Å². The second-order valence-electron chi connectivity index (χ2n) is 6.00. The Morgan fingerprint density at radius 1 is 1.22 bits per heavy atom. The molecule has 1 aliphatic heterocycles. The largest absolute Gasteiger partial charge is 0.510 e. The fourth-order valence-electron chi connectivity index (χ4n) is 2.95. The van der Waals surface area contributed by atoms with Gasteiger partial charge in [0.2, 0.25) is 0 Å². The van der Waals surface area contributed by atoms with Crippen molar-refractivity contribution >= 4 is 28.4 Å². The molecule has 0 bridgehead atoms. The lowest BCUT2D eigenvalue weighted by Gasteiger charge is -2.18. The number of methoxy groups -OCH3 is 1. The van der Waals surface area contributed by atoms with E-state index >= 15 is 0 Å². The Labute approximate surface area is 159 Å². The van der Waals surface area contributed by atoms with E-state index in [1.807, 2.05) is 29.6 Å². The molecule has 27 heavy (non-hydrogen) atoms. The molecular formula is C20H16FN3O2S. The first kappa shape index (κ1) is 17.2. The molecule has 0 radical (unpaired) electrons. The number of halogens is 1. The summed E-state index contributed by atoms with van der Waals surface area (Å²) in [7, 11) is 1.61. The van der Waals surface area contributed by atoms with Crippen molar-refractivity contribution in [2.45, 2.75) is 0 Å². The lowest BCUT2D eigenvalue weighted by molar-refractivity contribution is 0.411. The monoisotopic (exact) mass is 381 g/mol. The molecule has 0 atom stereocenters. The first-order valence-electron chi connectivity index (χ1n) is 8.21. The third-order valence-corrected chi connectivity index (χ3v) is 5.18. The van der Waals surface area contributed by atoms with Crippen molar-refractivity contribution in [1.82, 2.24) is 4.98 Å². The Hall–Kier alpha value is -3.19. The third kappa shape index (κ3) is 3.17. The number of anilines is 1. The molecule has 2 N–H and O–H groups in total. The van der Waals surface area contributed by atoms with Gasteiger partial charge in [-0.2, -0.15) is 0 Å². The summed E-state index contributed by atoms with van der Waals surface area (Å²) >= 11 is 1.36. The summed E-state index contributed by atoms with van der Waals surface area (Å²) in [6.07, 6.45) is 0. The molecule has 0 spiro atoms. The quantitative estimate of drug-likeness (QED) is 0.686. The third-order valence-electron chi connectivity index (χ3n) is 4.33. The highest BCUT2D eigenvalue weighted by Gasteiger charge is 2.31. The molecule has 0 saturated heterocycles. The molecule has 7 heteroatoms. The minimum absolute atomic E-state index is 0.0795. The number of amidine groups is 1. The molecule has 2 aromatic carbocycles. The summed E-state index contributed by atoms with van der Waals surface area (Å²) in [4.78, 5) is 6.22. The number of nitrogens with zero attached hydrogens (tertiary/aromatic N) is 2. The summed E-state index contributed by atoms with van der Waals surface area (Å²) < 4.78 is 18.4. The zero-order valence-electron chi connectivity index (χ0n) is 14.4. The van der Waals surface area contributed by atoms with E-state index in [1.54, 1.807) is 24.1 Å². The van der Waals surface area contributed by atoms with Gasteiger partial charge in [0, 0.05) is 16.6 Å². The molecule has 1 aromatic heterocycles. The number of aromatic nitrogens is 1. The van der Waals surface area contributed by atoms with Gasteiger partial charge < -0.3 is 14.7 Å². The van der Waals surface area contributed by atoms with Gasteiger partial charge in [-0.15, -0.1) is 11.3 Å². The number of ether oxygens (including phenoxy) is 1. The lowest BCUT2D eigenvalue weighted by atomic mass is 10.1. The predicted molar refractivity (Wildman–Crippen MR) is 105 cm³/mol. The second-order valence-corrected chi connectivity index (χ2v) is 6.86. The van der Waals surface area contributed by atoms with Gasteiger partial charge in [0.1, 0.15) is 28.2 Å².